The number of aromatic nitrogens is 1. The van der Waals surface area contributed by atoms with Crippen LogP contribution in [-0.2, 0) is 16.0 Å². The fourth-order valence-electron chi connectivity index (χ4n) is 4.25. The van der Waals surface area contributed by atoms with Crippen molar-refractivity contribution in [3.63, 3.8) is 0 Å². The minimum atomic E-state index is -0.613. The van der Waals surface area contributed by atoms with E-state index in [-0.39, 0.29) is 12.2 Å². The summed E-state index contributed by atoms with van der Waals surface area (Å²) in [5, 5.41) is 5.41. The van der Waals surface area contributed by atoms with E-state index in [0.717, 1.165) is 49.6 Å². The maximum atomic E-state index is 13.0. The Labute approximate surface area is 212 Å². The van der Waals surface area contributed by atoms with Crippen LogP contribution in [0.25, 0.3) is 11.8 Å². The Morgan fingerprint density at radius 2 is 1.83 bits per heavy atom. The van der Waals surface area contributed by atoms with E-state index in [2.05, 4.69) is 37.2 Å². The Morgan fingerprint density at radius 3 is 2.54 bits per heavy atom. The predicted octanol–water partition coefficient (Wildman–Crippen LogP) is 5.26. The molecule has 2 heterocycles. The van der Waals surface area contributed by atoms with Gasteiger partial charge in [0.05, 0.1) is 0 Å². The van der Waals surface area contributed by atoms with Crippen LogP contribution in [0.4, 0.5) is 10.5 Å². The molecular formula is C27H27BrN4O3. The molecule has 1 fully saturated rings. The molecule has 1 aliphatic rings. The summed E-state index contributed by atoms with van der Waals surface area (Å²) in [4.78, 5) is 39.0. The zero-order valence-corrected chi connectivity index (χ0v) is 21.7. The summed E-state index contributed by atoms with van der Waals surface area (Å²) >= 11 is 3.53. The van der Waals surface area contributed by atoms with Crippen molar-refractivity contribution in [1.29, 1.82) is 0 Å². The highest BCUT2D eigenvalue weighted by Crippen LogP contribution is 2.26. The Hall–Kier alpha value is -3.65. The van der Waals surface area contributed by atoms with E-state index < -0.39 is 17.8 Å². The summed E-state index contributed by atoms with van der Waals surface area (Å²) in [6.07, 6.45) is 2.42. The lowest BCUT2D eigenvalue weighted by Gasteiger charge is -2.13. The van der Waals surface area contributed by atoms with Gasteiger partial charge < -0.3 is 15.2 Å². The van der Waals surface area contributed by atoms with Crippen molar-refractivity contribution in [2.24, 2.45) is 0 Å². The standard InChI is InChI=1S/C27H27BrN4O3/c1-5-19-8-6-7-9-23(19)29-25(33)15-31-26(34)24(30-27(31)35)14-20-13-17(3)32(18(20)4)21-10-11-22(28)16(2)12-21/h6-14H,5,15H2,1-4H3,(H,29,33)(H,30,35)/b24-14+. The third kappa shape index (κ3) is 4.93. The van der Waals surface area contributed by atoms with Gasteiger partial charge in [-0.1, -0.05) is 41.1 Å². The number of anilines is 1. The van der Waals surface area contributed by atoms with Crippen LogP contribution in [0.2, 0.25) is 0 Å². The zero-order chi connectivity index (χ0) is 25.3. The van der Waals surface area contributed by atoms with E-state index in [1.54, 1.807) is 12.1 Å². The van der Waals surface area contributed by atoms with Crippen LogP contribution in [-0.4, -0.2) is 33.9 Å². The van der Waals surface area contributed by atoms with Crippen LogP contribution in [0.15, 0.2) is 58.7 Å². The van der Waals surface area contributed by atoms with Crippen molar-refractivity contribution in [3.8, 4) is 5.69 Å². The average Bonchev–Trinajstić information content (AvgIpc) is 3.25. The smallest absolute Gasteiger partial charge is 0.324 e. The number of amides is 4. The van der Waals surface area contributed by atoms with Crippen molar-refractivity contribution < 1.29 is 14.4 Å². The van der Waals surface area contributed by atoms with Crippen molar-refractivity contribution in [1.82, 2.24) is 14.8 Å². The molecule has 35 heavy (non-hydrogen) atoms. The minimum absolute atomic E-state index is 0.143. The van der Waals surface area contributed by atoms with Gasteiger partial charge in [0.1, 0.15) is 12.2 Å². The Bertz CT molecular complexity index is 1370. The highest BCUT2D eigenvalue weighted by atomic mass is 79.9. The fourth-order valence-corrected chi connectivity index (χ4v) is 4.50. The number of hydrogen-bond donors (Lipinski definition) is 2. The van der Waals surface area contributed by atoms with Crippen molar-refractivity contribution in [2.75, 3.05) is 11.9 Å². The lowest BCUT2D eigenvalue weighted by molar-refractivity contribution is -0.127. The number of rotatable bonds is 6. The summed E-state index contributed by atoms with van der Waals surface area (Å²) < 4.78 is 3.14. The first-order valence-electron chi connectivity index (χ1n) is 11.4. The Balaban J connectivity index is 1.54. The van der Waals surface area contributed by atoms with Gasteiger partial charge in [-0.05, 0) is 80.3 Å². The number of benzene rings is 2. The van der Waals surface area contributed by atoms with Crippen molar-refractivity contribution >= 4 is 45.5 Å². The molecular weight excluding hydrogens is 508 g/mol. The van der Waals surface area contributed by atoms with E-state index >= 15 is 0 Å². The Morgan fingerprint density at radius 1 is 1.09 bits per heavy atom. The lowest BCUT2D eigenvalue weighted by Crippen LogP contribution is -2.38. The number of carbonyl (C=O) groups is 3. The summed E-state index contributed by atoms with van der Waals surface area (Å²) in [6, 6.07) is 14.9. The second kappa shape index (κ2) is 9.92. The molecule has 0 bridgehead atoms. The van der Waals surface area contributed by atoms with Crippen LogP contribution in [0.3, 0.4) is 0 Å². The number of nitrogens with one attached hydrogen (secondary N) is 2. The van der Waals surface area contributed by atoms with Gasteiger partial charge in [-0.3, -0.25) is 9.59 Å². The molecule has 0 radical (unpaired) electrons. The summed E-state index contributed by atoms with van der Waals surface area (Å²) in [5.41, 5.74) is 6.68. The molecule has 180 valence electrons. The number of para-hydroxylation sites is 1. The second-order valence-corrected chi connectivity index (χ2v) is 9.39. The molecule has 1 saturated heterocycles. The maximum Gasteiger partial charge on any atom is 0.329 e. The van der Waals surface area contributed by atoms with Gasteiger partial charge in [0.25, 0.3) is 5.91 Å². The third-order valence-electron chi connectivity index (χ3n) is 6.11. The van der Waals surface area contributed by atoms with Gasteiger partial charge in [-0.2, -0.15) is 0 Å². The lowest BCUT2D eigenvalue weighted by atomic mass is 10.1. The molecule has 2 aromatic carbocycles. The normalized spacial score (nSPS) is 14.5. The first-order valence-corrected chi connectivity index (χ1v) is 12.2. The number of hydrogen-bond acceptors (Lipinski definition) is 3. The second-order valence-electron chi connectivity index (χ2n) is 8.53. The molecule has 7 nitrogen and oxygen atoms in total. The van der Waals surface area contributed by atoms with Gasteiger partial charge in [0.2, 0.25) is 5.91 Å². The summed E-state index contributed by atoms with van der Waals surface area (Å²) in [5.74, 6) is -0.961. The number of halogens is 1. The first kappa shape index (κ1) is 24.5. The molecule has 8 heteroatoms. The number of imide groups is 1. The number of aryl methyl sites for hydroxylation is 3. The largest absolute Gasteiger partial charge is 0.329 e. The molecule has 0 atom stereocenters. The predicted molar refractivity (Wildman–Crippen MR) is 140 cm³/mol. The van der Waals surface area contributed by atoms with Gasteiger partial charge in [-0.15, -0.1) is 0 Å². The van der Waals surface area contributed by atoms with Crippen molar-refractivity contribution in [2.45, 2.75) is 34.1 Å². The monoisotopic (exact) mass is 534 g/mol. The summed E-state index contributed by atoms with van der Waals surface area (Å²) in [7, 11) is 0. The van der Waals surface area contributed by atoms with Crippen LogP contribution in [0, 0.1) is 20.8 Å². The summed E-state index contributed by atoms with van der Waals surface area (Å²) in [6.45, 7) is 7.62. The minimum Gasteiger partial charge on any atom is -0.324 e. The molecule has 0 saturated carbocycles. The van der Waals surface area contributed by atoms with E-state index in [1.807, 2.05) is 64.1 Å². The molecule has 4 amide bonds. The molecule has 1 aliphatic heterocycles. The van der Waals surface area contributed by atoms with Gasteiger partial charge >= 0.3 is 6.03 Å². The molecule has 3 aromatic rings. The molecule has 1 aromatic heterocycles. The van der Waals surface area contributed by atoms with E-state index in [0.29, 0.717) is 5.69 Å². The quantitative estimate of drug-likeness (QED) is 0.334. The molecule has 0 spiro atoms. The number of nitrogens with zero attached hydrogens (tertiary/aromatic N) is 2. The maximum absolute atomic E-state index is 13.0. The van der Waals surface area contributed by atoms with E-state index in [9.17, 15) is 14.4 Å². The van der Waals surface area contributed by atoms with E-state index in [4.69, 9.17) is 0 Å². The van der Waals surface area contributed by atoms with E-state index in [1.165, 1.54) is 0 Å². The molecule has 0 unspecified atom stereocenters. The van der Waals surface area contributed by atoms with Gasteiger partial charge in [0, 0.05) is 27.2 Å². The SMILES string of the molecule is CCc1ccccc1NC(=O)CN1C(=O)N/C(=C/c2cc(C)n(-c3ccc(Br)c(C)c3)c2C)C1=O. The first-order chi connectivity index (χ1) is 16.7. The average molecular weight is 535 g/mol. The third-order valence-corrected chi connectivity index (χ3v) is 7.00. The highest BCUT2D eigenvalue weighted by molar-refractivity contribution is 9.10. The van der Waals surface area contributed by atoms with Gasteiger partial charge in [0.15, 0.2) is 0 Å². The van der Waals surface area contributed by atoms with Crippen molar-refractivity contribution in [3.05, 3.63) is 86.8 Å². The van der Waals surface area contributed by atoms with Crippen LogP contribution in [0.5, 0.6) is 0 Å². The van der Waals surface area contributed by atoms with Crippen LogP contribution >= 0.6 is 15.9 Å². The fraction of sp³-hybridized carbons (Fsp3) is 0.222. The highest BCUT2D eigenvalue weighted by Gasteiger charge is 2.35. The van der Waals surface area contributed by atoms with Gasteiger partial charge in [-0.25, -0.2) is 9.69 Å². The Kier molecular flexibility index (Phi) is 6.93. The zero-order valence-electron chi connectivity index (χ0n) is 20.1. The number of carbonyl (C=O) groups excluding carboxylic acids is 3. The molecule has 2 N–H and O–H groups in total. The van der Waals surface area contributed by atoms with Crippen LogP contribution in [0.1, 0.15) is 35.0 Å². The number of urea groups is 1. The topological polar surface area (TPSA) is 83.4 Å². The molecule has 0 aliphatic carbocycles. The molecule has 4 rings (SSSR count). The van der Waals surface area contributed by atoms with Crippen LogP contribution < -0.4 is 10.6 Å².